The highest BCUT2D eigenvalue weighted by Gasteiger charge is 2.19. The highest BCUT2D eigenvalue weighted by molar-refractivity contribution is 5.78. The van der Waals surface area contributed by atoms with Crippen molar-refractivity contribution in [3.63, 3.8) is 0 Å². The van der Waals surface area contributed by atoms with Crippen molar-refractivity contribution in [1.82, 2.24) is 0 Å². The third kappa shape index (κ3) is 2.94. The molecule has 1 fully saturated rings. The van der Waals surface area contributed by atoms with E-state index in [4.69, 9.17) is 5.73 Å². The van der Waals surface area contributed by atoms with Crippen molar-refractivity contribution in [3.8, 4) is 0 Å². The fraction of sp³-hybridized carbons (Fsp3) is 0.900. The van der Waals surface area contributed by atoms with Gasteiger partial charge < -0.3 is 5.73 Å². The summed E-state index contributed by atoms with van der Waals surface area (Å²) < 4.78 is 0. The van der Waals surface area contributed by atoms with Crippen LogP contribution in [0, 0.1) is 5.92 Å². The largest absolute Gasteiger partial charge is 0.328 e. The summed E-state index contributed by atoms with van der Waals surface area (Å²) in [4.78, 5) is 11.1. The van der Waals surface area contributed by atoms with Crippen LogP contribution in [0.1, 0.15) is 45.4 Å². The average molecular weight is 169 g/mol. The van der Waals surface area contributed by atoms with Crippen LogP contribution in [0.5, 0.6) is 0 Å². The molecule has 0 bridgehead atoms. The highest BCUT2D eigenvalue weighted by atomic mass is 16.1. The number of hydrogen-bond acceptors (Lipinski definition) is 2. The Morgan fingerprint density at radius 2 is 1.92 bits per heavy atom. The number of carbonyl (C=O) groups is 1. The van der Waals surface area contributed by atoms with Gasteiger partial charge in [0.15, 0.2) is 0 Å². The van der Waals surface area contributed by atoms with E-state index in [1.807, 2.05) is 6.92 Å². The molecule has 1 aliphatic carbocycles. The molecule has 0 aromatic heterocycles. The molecule has 70 valence electrons. The first-order chi connectivity index (χ1) is 5.72. The van der Waals surface area contributed by atoms with Crippen LogP contribution in [0.15, 0.2) is 0 Å². The SMILES string of the molecule is CCC(=O)CC1CCC(N)CC1. The molecule has 0 heterocycles. The summed E-state index contributed by atoms with van der Waals surface area (Å²) in [6, 6.07) is 0.401. The number of rotatable bonds is 3. The smallest absolute Gasteiger partial charge is 0.132 e. The fourth-order valence-corrected chi connectivity index (χ4v) is 1.86. The fourth-order valence-electron chi connectivity index (χ4n) is 1.86. The molecule has 2 heteroatoms. The van der Waals surface area contributed by atoms with Crippen LogP contribution in [0.3, 0.4) is 0 Å². The molecule has 0 saturated heterocycles. The van der Waals surface area contributed by atoms with Crippen molar-refractivity contribution in [1.29, 1.82) is 0 Å². The quantitative estimate of drug-likeness (QED) is 0.701. The van der Waals surface area contributed by atoms with Crippen molar-refractivity contribution in [3.05, 3.63) is 0 Å². The maximum Gasteiger partial charge on any atom is 0.132 e. The number of Topliss-reactive ketones (excluding diaryl/α,β-unsaturated/α-hetero) is 1. The summed E-state index contributed by atoms with van der Waals surface area (Å²) in [6.07, 6.45) is 6.04. The van der Waals surface area contributed by atoms with Gasteiger partial charge in [-0.1, -0.05) is 6.92 Å². The van der Waals surface area contributed by atoms with Crippen molar-refractivity contribution in [2.75, 3.05) is 0 Å². The molecule has 0 amide bonds. The average Bonchev–Trinajstić information content (AvgIpc) is 2.09. The normalized spacial score (nSPS) is 30.2. The van der Waals surface area contributed by atoms with Gasteiger partial charge in [-0.3, -0.25) is 4.79 Å². The minimum Gasteiger partial charge on any atom is -0.328 e. The van der Waals surface area contributed by atoms with Crippen molar-refractivity contribution < 1.29 is 4.79 Å². The molecule has 0 unspecified atom stereocenters. The molecule has 0 aliphatic heterocycles. The molecule has 2 nitrogen and oxygen atoms in total. The molecule has 1 saturated carbocycles. The molecule has 0 atom stereocenters. The van der Waals surface area contributed by atoms with E-state index in [0.29, 0.717) is 24.2 Å². The van der Waals surface area contributed by atoms with Crippen LogP contribution in [0.4, 0.5) is 0 Å². The molecular weight excluding hydrogens is 150 g/mol. The number of ketones is 1. The maximum absolute atomic E-state index is 11.1. The Morgan fingerprint density at radius 1 is 1.33 bits per heavy atom. The Labute approximate surface area is 74.5 Å². The van der Waals surface area contributed by atoms with E-state index in [1.54, 1.807) is 0 Å². The van der Waals surface area contributed by atoms with Crippen LogP contribution < -0.4 is 5.73 Å². The second-order valence-electron chi connectivity index (χ2n) is 3.88. The third-order valence-corrected chi connectivity index (χ3v) is 2.80. The third-order valence-electron chi connectivity index (χ3n) is 2.80. The zero-order valence-electron chi connectivity index (χ0n) is 7.88. The van der Waals surface area contributed by atoms with Crippen LogP contribution >= 0.6 is 0 Å². The second-order valence-corrected chi connectivity index (χ2v) is 3.88. The van der Waals surface area contributed by atoms with Crippen molar-refractivity contribution >= 4 is 5.78 Å². The Kier molecular flexibility index (Phi) is 3.73. The van der Waals surface area contributed by atoms with Gasteiger partial charge in [-0.05, 0) is 31.6 Å². The van der Waals surface area contributed by atoms with Crippen molar-refractivity contribution in [2.45, 2.75) is 51.5 Å². The van der Waals surface area contributed by atoms with Crippen molar-refractivity contribution in [2.24, 2.45) is 11.7 Å². The monoisotopic (exact) mass is 169 g/mol. The Bertz CT molecular complexity index is 148. The first-order valence-electron chi connectivity index (χ1n) is 4.99. The minimum absolute atomic E-state index is 0.401. The Balaban J connectivity index is 2.21. The van der Waals surface area contributed by atoms with Crippen LogP contribution in [-0.4, -0.2) is 11.8 Å². The molecule has 0 spiro atoms. The van der Waals surface area contributed by atoms with E-state index in [1.165, 1.54) is 0 Å². The van der Waals surface area contributed by atoms with E-state index in [9.17, 15) is 4.79 Å². The standard InChI is InChI=1S/C10H19NO/c1-2-10(12)7-8-3-5-9(11)6-4-8/h8-9H,2-7,11H2,1H3. The van der Waals surface area contributed by atoms with Gasteiger partial charge in [-0.25, -0.2) is 0 Å². The summed E-state index contributed by atoms with van der Waals surface area (Å²) in [7, 11) is 0. The van der Waals surface area contributed by atoms with Gasteiger partial charge in [-0.2, -0.15) is 0 Å². The van der Waals surface area contributed by atoms with Gasteiger partial charge in [0.05, 0.1) is 0 Å². The summed E-state index contributed by atoms with van der Waals surface area (Å²) in [5.41, 5.74) is 5.78. The Morgan fingerprint density at radius 3 is 2.42 bits per heavy atom. The van der Waals surface area contributed by atoms with Gasteiger partial charge in [-0.15, -0.1) is 0 Å². The highest BCUT2D eigenvalue weighted by Crippen LogP contribution is 2.26. The number of hydrogen-bond donors (Lipinski definition) is 1. The first-order valence-corrected chi connectivity index (χ1v) is 4.99. The molecular formula is C10H19NO. The second kappa shape index (κ2) is 4.61. The number of carbonyl (C=O) groups excluding carboxylic acids is 1. The van der Waals surface area contributed by atoms with Gasteiger partial charge in [0.25, 0.3) is 0 Å². The van der Waals surface area contributed by atoms with E-state index >= 15 is 0 Å². The van der Waals surface area contributed by atoms with Crippen LogP contribution in [0.25, 0.3) is 0 Å². The lowest BCUT2D eigenvalue weighted by Crippen LogP contribution is -2.27. The predicted molar refractivity (Wildman–Crippen MR) is 49.8 cm³/mol. The van der Waals surface area contributed by atoms with E-state index in [-0.39, 0.29) is 0 Å². The molecule has 2 N–H and O–H groups in total. The zero-order valence-corrected chi connectivity index (χ0v) is 7.88. The maximum atomic E-state index is 11.1. The van der Waals surface area contributed by atoms with E-state index in [2.05, 4.69) is 0 Å². The molecule has 0 aromatic carbocycles. The lowest BCUT2D eigenvalue weighted by atomic mass is 9.83. The summed E-state index contributed by atoms with van der Waals surface area (Å²) >= 11 is 0. The predicted octanol–water partition coefficient (Wildman–Crippen LogP) is 1.87. The van der Waals surface area contributed by atoms with Gasteiger partial charge >= 0.3 is 0 Å². The lowest BCUT2D eigenvalue weighted by Gasteiger charge is -2.25. The molecule has 0 radical (unpaired) electrons. The van der Waals surface area contributed by atoms with Gasteiger partial charge in [0, 0.05) is 18.9 Å². The first kappa shape index (κ1) is 9.72. The van der Waals surface area contributed by atoms with Gasteiger partial charge in [0.1, 0.15) is 5.78 Å². The van der Waals surface area contributed by atoms with Crippen LogP contribution in [-0.2, 0) is 4.79 Å². The zero-order chi connectivity index (χ0) is 8.97. The van der Waals surface area contributed by atoms with Crippen LogP contribution in [0.2, 0.25) is 0 Å². The molecule has 0 aromatic rings. The summed E-state index contributed by atoms with van der Waals surface area (Å²) in [5.74, 6) is 1.05. The minimum atomic E-state index is 0.401. The molecule has 12 heavy (non-hydrogen) atoms. The van der Waals surface area contributed by atoms with E-state index < -0.39 is 0 Å². The topological polar surface area (TPSA) is 43.1 Å². The Hall–Kier alpha value is -0.370. The lowest BCUT2D eigenvalue weighted by molar-refractivity contribution is -0.119. The molecule has 1 rings (SSSR count). The van der Waals surface area contributed by atoms with E-state index in [0.717, 1.165) is 32.1 Å². The summed E-state index contributed by atoms with van der Waals surface area (Å²) in [5, 5.41) is 0. The van der Waals surface area contributed by atoms with Gasteiger partial charge in [0.2, 0.25) is 0 Å². The molecule has 1 aliphatic rings. The number of nitrogens with two attached hydrogens (primary N) is 1. The summed E-state index contributed by atoms with van der Waals surface area (Å²) in [6.45, 7) is 1.94.